The highest BCUT2D eigenvalue weighted by atomic mass is 19.4. The fraction of sp³-hybridized carbons (Fsp3) is 0.154. The fourth-order valence-corrected chi connectivity index (χ4v) is 2.32. The normalized spacial score (nSPS) is 21.8. The molecule has 3 N–H and O–H groups in total. The smallest absolute Gasteiger partial charge is 0.370 e. The van der Waals surface area contributed by atoms with Crippen molar-refractivity contribution in [1.29, 1.82) is 0 Å². The summed E-state index contributed by atoms with van der Waals surface area (Å²) in [6.07, 6.45) is -1.32. The fourth-order valence-electron chi connectivity index (χ4n) is 2.32. The third-order valence-electron chi connectivity index (χ3n) is 3.26. The van der Waals surface area contributed by atoms with Crippen molar-refractivity contribution in [3.8, 4) is 0 Å². The molecule has 1 unspecified atom stereocenters. The number of alkyl halides is 3. The van der Waals surface area contributed by atoms with E-state index in [4.69, 9.17) is 5.73 Å². The van der Waals surface area contributed by atoms with Crippen LogP contribution in [0.3, 0.4) is 0 Å². The second-order valence-corrected chi connectivity index (χ2v) is 4.58. The Bertz CT molecular complexity index is 720. The summed E-state index contributed by atoms with van der Waals surface area (Å²) in [5, 5.41) is 9.49. The van der Waals surface area contributed by atoms with Crippen molar-refractivity contribution >= 4 is 11.5 Å². The first-order valence-corrected chi connectivity index (χ1v) is 6.26. The van der Waals surface area contributed by atoms with Gasteiger partial charge in [0, 0.05) is 18.0 Å². The number of aliphatic imine (C=N–C) groups is 1. The first-order valence-electron chi connectivity index (χ1n) is 6.26. The molecule has 0 fully saturated rings. The van der Waals surface area contributed by atoms with Crippen molar-refractivity contribution in [2.75, 3.05) is 0 Å². The Morgan fingerprint density at radius 1 is 1.18 bits per heavy atom. The number of hydrogen-bond donors (Lipinski definition) is 2. The molecule has 2 aromatic rings. The summed E-state index contributed by atoms with van der Waals surface area (Å²) in [6, 6.07) is 8.10. The molecule has 0 radical (unpaired) electrons. The number of benzene rings is 1. The van der Waals surface area contributed by atoms with Gasteiger partial charge in [-0.1, -0.05) is 35.5 Å². The molecule has 0 aliphatic carbocycles. The van der Waals surface area contributed by atoms with E-state index in [2.05, 4.69) is 20.6 Å². The topological polar surface area (TPSA) is 81.1 Å². The quantitative estimate of drug-likeness (QED) is 0.880. The summed E-state index contributed by atoms with van der Waals surface area (Å²) in [5.41, 5.74) is 2.94. The van der Waals surface area contributed by atoms with E-state index < -0.39 is 11.8 Å². The van der Waals surface area contributed by atoms with Crippen LogP contribution >= 0.6 is 0 Å². The summed E-state index contributed by atoms with van der Waals surface area (Å²) in [5.74, 6) is -0.354. The molecule has 0 spiro atoms. The minimum absolute atomic E-state index is 0.125. The summed E-state index contributed by atoms with van der Waals surface area (Å²) >= 11 is 0. The molecule has 1 aliphatic rings. The van der Waals surface area contributed by atoms with Crippen LogP contribution in [0.4, 0.5) is 13.2 Å². The summed E-state index contributed by atoms with van der Waals surface area (Å²) in [7, 11) is 0. The molecule has 22 heavy (non-hydrogen) atoms. The molecule has 1 aliphatic heterocycles. The van der Waals surface area contributed by atoms with Crippen molar-refractivity contribution in [3.63, 3.8) is 0 Å². The predicted molar refractivity (Wildman–Crippen MR) is 73.2 cm³/mol. The Labute approximate surface area is 123 Å². The zero-order valence-corrected chi connectivity index (χ0v) is 11.1. The van der Waals surface area contributed by atoms with Crippen LogP contribution in [-0.2, 0) is 5.66 Å². The van der Waals surface area contributed by atoms with Crippen LogP contribution in [0.2, 0.25) is 0 Å². The minimum atomic E-state index is -4.77. The van der Waals surface area contributed by atoms with Gasteiger partial charge in [-0.2, -0.15) is 13.2 Å². The molecule has 2 heterocycles. The average molecular weight is 308 g/mol. The molecular weight excluding hydrogens is 297 g/mol. The Hall–Kier alpha value is -2.84. The van der Waals surface area contributed by atoms with Gasteiger partial charge in [-0.05, 0) is 5.56 Å². The molecule has 9 heteroatoms. The molecule has 0 saturated heterocycles. The van der Waals surface area contributed by atoms with Gasteiger partial charge < -0.3 is 11.1 Å². The van der Waals surface area contributed by atoms with E-state index in [1.54, 1.807) is 30.3 Å². The van der Waals surface area contributed by atoms with Crippen LogP contribution in [0.25, 0.3) is 5.57 Å². The van der Waals surface area contributed by atoms with E-state index in [9.17, 15) is 13.2 Å². The van der Waals surface area contributed by atoms with Crippen molar-refractivity contribution in [2.24, 2.45) is 10.7 Å². The highest BCUT2D eigenvalue weighted by molar-refractivity contribution is 5.87. The molecule has 3 rings (SSSR count). The van der Waals surface area contributed by atoms with Gasteiger partial charge in [0.25, 0.3) is 5.66 Å². The van der Waals surface area contributed by atoms with E-state index in [1.807, 2.05) is 0 Å². The number of nitrogens with zero attached hydrogens (tertiary/aromatic N) is 4. The van der Waals surface area contributed by atoms with Crippen molar-refractivity contribution in [3.05, 3.63) is 54.5 Å². The number of nitrogens with one attached hydrogen (secondary N) is 1. The summed E-state index contributed by atoms with van der Waals surface area (Å²) in [4.78, 5) is 3.64. The minimum Gasteiger partial charge on any atom is -0.370 e. The lowest BCUT2D eigenvalue weighted by atomic mass is 9.92. The molecule has 0 amide bonds. The molecule has 114 valence electrons. The predicted octanol–water partition coefficient (Wildman–Crippen LogP) is 1.45. The second-order valence-electron chi connectivity index (χ2n) is 4.58. The Kier molecular flexibility index (Phi) is 3.12. The number of aromatic nitrogens is 3. The second kappa shape index (κ2) is 4.86. The molecule has 0 saturated carbocycles. The van der Waals surface area contributed by atoms with Gasteiger partial charge in [-0.25, -0.2) is 9.67 Å². The van der Waals surface area contributed by atoms with Gasteiger partial charge in [-0.15, -0.1) is 5.10 Å². The summed E-state index contributed by atoms with van der Waals surface area (Å²) < 4.78 is 42.5. The van der Waals surface area contributed by atoms with E-state index in [0.717, 1.165) is 12.4 Å². The Morgan fingerprint density at radius 2 is 1.91 bits per heavy atom. The van der Waals surface area contributed by atoms with Crippen LogP contribution in [0, 0.1) is 0 Å². The van der Waals surface area contributed by atoms with E-state index in [-0.39, 0.29) is 11.5 Å². The summed E-state index contributed by atoms with van der Waals surface area (Å²) in [6.45, 7) is 0. The van der Waals surface area contributed by atoms with E-state index in [0.29, 0.717) is 10.2 Å². The maximum atomic E-state index is 13.9. The lowest BCUT2D eigenvalue weighted by molar-refractivity contribution is -0.195. The highest BCUT2D eigenvalue weighted by Gasteiger charge is 2.61. The lowest BCUT2D eigenvalue weighted by Gasteiger charge is -2.36. The molecule has 6 nitrogen and oxygen atoms in total. The van der Waals surface area contributed by atoms with Gasteiger partial charge >= 0.3 is 6.18 Å². The van der Waals surface area contributed by atoms with E-state index in [1.165, 1.54) is 6.20 Å². The first kappa shape index (κ1) is 14.1. The maximum Gasteiger partial charge on any atom is 0.438 e. The standard InChI is InChI=1S/C13H11F3N6/c14-13(15,16)12(22-7-6-19-21-22)10(8-18-11(17)20-12)9-4-2-1-3-5-9/h1-8H,(H3,17,18,20). The number of rotatable bonds is 2. The van der Waals surface area contributed by atoms with Crippen LogP contribution in [0.1, 0.15) is 5.56 Å². The Balaban J connectivity index is 2.28. The highest BCUT2D eigenvalue weighted by Crippen LogP contribution is 2.48. The van der Waals surface area contributed by atoms with Crippen LogP contribution in [-0.4, -0.2) is 27.1 Å². The lowest BCUT2D eigenvalue weighted by Crippen LogP contribution is -2.52. The van der Waals surface area contributed by atoms with Crippen LogP contribution in [0.5, 0.6) is 0 Å². The molecule has 1 atom stereocenters. The molecular formula is C13H11F3N6. The third kappa shape index (κ3) is 2.01. The van der Waals surface area contributed by atoms with Gasteiger partial charge in [0.15, 0.2) is 5.96 Å². The van der Waals surface area contributed by atoms with E-state index >= 15 is 0 Å². The van der Waals surface area contributed by atoms with Gasteiger partial charge in [0.05, 0.1) is 6.20 Å². The van der Waals surface area contributed by atoms with Crippen LogP contribution < -0.4 is 11.1 Å². The largest absolute Gasteiger partial charge is 0.438 e. The molecule has 0 bridgehead atoms. The van der Waals surface area contributed by atoms with Crippen molar-refractivity contribution in [1.82, 2.24) is 20.3 Å². The first-order chi connectivity index (χ1) is 10.4. The number of nitrogens with two attached hydrogens (primary N) is 1. The van der Waals surface area contributed by atoms with Gasteiger partial charge in [0.2, 0.25) is 0 Å². The Morgan fingerprint density at radius 3 is 2.50 bits per heavy atom. The van der Waals surface area contributed by atoms with Crippen LogP contribution in [0.15, 0.2) is 53.9 Å². The van der Waals surface area contributed by atoms with Gasteiger partial charge in [-0.3, -0.25) is 0 Å². The maximum absolute atomic E-state index is 13.9. The SMILES string of the molecule is NC1=NC(n2ccnn2)(C(F)(F)F)C(c2ccccc2)=CN1. The van der Waals surface area contributed by atoms with Gasteiger partial charge in [0.1, 0.15) is 0 Å². The molecule has 1 aromatic carbocycles. The van der Waals surface area contributed by atoms with Crippen molar-refractivity contribution < 1.29 is 13.2 Å². The number of halogens is 3. The van der Waals surface area contributed by atoms with Crippen molar-refractivity contribution in [2.45, 2.75) is 11.8 Å². The average Bonchev–Trinajstić information content (AvgIpc) is 3.01. The zero-order valence-electron chi connectivity index (χ0n) is 11.1. The number of guanidine groups is 1. The monoisotopic (exact) mass is 308 g/mol. The molecule has 1 aromatic heterocycles. The third-order valence-corrected chi connectivity index (χ3v) is 3.26. The number of hydrogen-bond acceptors (Lipinski definition) is 5. The zero-order chi connectivity index (χ0) is 15.8.